The third-order valence-electron chi connectivity index (χ3n) is 6.48. The SMILES string of the molecule is C=C(CC(=O)Nc1cc(N2CCCC2)ccc1C(=O)c1cc(C)n(-c2ccc(Cl)cc2)c1C)C(N)=O. The van der Waals surface area contributed by atoms with Crippen LogP contribution in [0.3, 0.4) is 0 Å². The number of anilines is 2. The molecule has 8 heteroatoms. The van der Waals surface area contributed by atoms with Gasteiger partial charge in [0.15, 0.2) is 5.78 Å². The van der Waals surface area contributed by atoms with Crippen molar-refractivity contribution in [3.63, 3.8) is 0 Å². The predicted molar refractivity (Wildman–Crippen MR) is 143 cm³/mol. The van der Waals surface area contributed by atoms with Crippen LogP contribution >= 0.6 is 11.6 Å². The Kier molecular flexibility index (Phi) is 7.31. The molecular weight excluding hydrogens is 476 g/mol. The first-order valence-electron chi connectivity index (χ1n) is 11.8. The molecule has 4 rings (SSSR count). The number of hydrogen-bond donors (Lipinski definition) is 2. The Morgan fingerprint density at radius 3 is 2.25 bits per heavy atom. The number of hydrogen-bond acceptors (Lipinski definition) is 4. The van der Waals surface area contributed by atoms with Gasteiger partial charge >= 0.3 is 0 Å². The smallest absolute Gasteiger partial charge is 0.244 e. The molecular formula is C28H29ClN4O3. The summed E-state index contributed by atoms with van der Waals surface area (Å²) >= 11 is 6.05. The molecule has 7 nitrogen and oxygen atoms in total. The highest BCUT2D eigenvalue weighted by Crippen LogP contribution is 2.31. The second kappa shape index (κ2) is 10.4. The third-order valence-corrected chi connectivity index (χ3v) is 6.73. The molecule has 0 unspecified atom stereocenters. The molecule has 0 radical (unpaired) electrons. The number of nitrogens with one attached hydrogen (secondary N) is 1. The van der Waals surface area contributed by atoms with Crippen molar-refractivity contribution in [2.24, 2.45) is 5.73 Å². The molecule has 0 aliphatic carbocycles. The van der Waals surface area contributed by atoms with Crippen molar-refractivity contribution < 1.29 is 14.4 Å². The molecule has 1 aromatic heterocycles. The zero-order chi connectivity index (χ0) is 26.0. The van der Waals surface area contributed by atoms with Gasteiger partial charge in [0.05, 0.1) is 12.1 Å². The normalized spacial score (nSPS) is 13.0. The van der Waals surface area contributed by atoms with Gasteiger partial charge in [-0.15, -0.1) is 0 Å². The number of ketones is 1. The average Bonchev–Trinajstić information content (AvgIpc) is 3.47. The number of aromatic nitrogens is 1. The summed E-state index contributed by atoms with van der Waals surface area (Å²) < 4.78 is 2.00. The summed E-state index contributed by atoms with van der Waals surface area (Å²) in [6.45, 7) is 9.22. The van der Waals surface area contributed by atoms with Gasteiger partial charge < -0.3 is 20.5 Å². The van der Waals surface area contributed by atoms with Crippen LogP contribution in [0.15, 0.2) is 60.7 Å². The molecule has 186 valence electrons. The van der Waals surface area contributed by atoms with Crippen molar-refractivity contribution >= 4 is 40.6 Å². The lowest BCUT2D eigenvalue weighted by molar-refractivity contribution is -0.119. The minimum Gasteiger partial charge on any atom is -0.371 e. The van der Waals surface area contributed by atoms with Crippen molar-refractivity contribution in [3.05, 3.63) is 88.2 Å². The van der Waals surface area contributed by atoms with E-state index in [4.69, 9.17) is 17.3 Å². The molecule has 1 aliphatic rings. The van der Waals surface area contributed by atoms with Crippen LogP contribution in [0.4, 0.5) is 11.4 Å². The van der Waals surface area contributed by atoms with Gasteiger partial charge in [-0.05, 0) is 75.2 Å². The fraction of sp³-hybridized carbons (Fsp3) is 0.250. The van der Waals surface area contributed by atoms with Crippen LogP contribution in [-0.4, -0.2) is 35.3 Å². The first kappa shape index (κ1) is 25.3. The van der Waals surface area contributed by atoms with Gasteiger partial charge in [-0.3, -0.25) is 14.4 Å². The number of nitrogens with two attached hydrogens (primary N) is 1. The number of benzene rings is 2. The Hall–Kier alpha value is -3.84. The minimum atomic E-state index is -0.734. The summed E-state index contributed by atoms with van der Waals surface area (Å²) in [6, 6.07) is 14.8. The quantitative estimate of drug-likeness (QED) is 0.335. The lowest BCUT2D eigenvalue weighted by Crippen LogP contribution is -2.22. The Labute approximate surface area is 215 Å². The number of amides is 2. The number of halogens is 1. The summed E-state index contributed by atoms with van der Waals surface area (Å²) in [6.07, 6.45) is 1.94. The maximum Gasteiger partial charge on any atom is 0.244 e. The zero-order valence-corrected chi connectivity index (χ0v) is 21.2. The van der Waals surface area contributed by atoms with Gasteiger partial charge in [-0.2, -0.15) is 0 Å². The van der Waals surface area contributed by atoms with E-state index in [-0.39, 0.29) is 17.8 Å². The number of carbonyl (C=O) groups is 3. The number of rotatable bonds is 8. The highest BCUT2D eigenvalue weighted by atomic mass is 35.5. The van der Waals surface area contributed by atoms with E-state index in [0.717, 1.165) is 48.7 Å². The lowest BCUT2D eigenvalue weighted by Gasteiger charge is -2.20. The summed E-state index contributed by atoms with van der Waals surface area (Å²) in [7, 11) is 0. The fourth-order valence-corrected chi connectivity index (χ4v) is 4.73. The highest BCUT2D eigenvalue weighted by molar-refractivity contribution is 6.30. The van der Waals surface area contributed by atoms with E-state index in [2.05, 4.69) is 16.8 Å². The number of nitrogens with zero attached hydrogens (tertiary/aromatic N) is 2. The summed E-state index contributed by atoms with van der Waals surface area (Å²) in [4.78, 5) is 40.1. The molecule has 0 spiro atoms. The van der Waals surface area contributed by atoms with Gasteiger partial charge in [0.2, 0.25) is 11.8 Å². The molecule has 1 saturated heterocycles. The van der Waals surface area contributed by atoms with E-state index in [1.165, 1.54) is 0 Å². The average molecular weight is 505 g/mol. The number of carbonyl (C=O) groups excluding carboxylic acids is 3. The van der Waals surface area contributed by atoms with E-state index in [1.807, 2.05) is 60.9 Å². The van der Waals surface area contributed by atoms with Crippen molar-refractivity contribution in [2.75, 3.05) is 23.3 Å². The second-order valence-electron chi connectivity index (χ2n) is 9.04. The number of aryl methyl sites for hydroxylation is 1. The van der Waals surface area contributed by atoms with Crippen LogP contribution in [0.25, 0.3) is 5.69 Å². The Morgan fingerprint density at radius 1 is 0.972 bits per heavy atom. The molecule has 1 fully saturated rings. The Balaban J connectivity index is 1.71. The van der Waals surface area contributed by atoms with E-state index < -0.39 is 11.8 Å². The van der Waals surface area contributed by atoms with E-state index in [1.54, 1.807) is 6.07 Å². The van der Waals surface area contributed by atoms with Gasteiger partial charge in [0.1, 0.15) is 0 Å². The number of primary amides is 1. The molecule has 0 atom stereocenters. The van der Waals surface area contributed by atoms with Crippen molar-refractivity contribution in [1.82, 2.24) is 4.57 Å². The first-order valence-corrected chi connectivity index (χ1v) is 12.2. The first-order chi connectivity index (χ1) is 17.2. The van der Waals surface area contributed by atoms with Crippen LogP contribution < -0.4 is 16.0 Å². The molecule has 36 heavy (non-hydrogen) atoms. The molecule has 0 saturated carbocycles. The zero-order valence-electron chi connectivity index (χ0n) is 20.4. The highest BCUT2D eigenvalue weighted by Gasteiger charge is 2.23. The monoisotopic (exact) mass is 504 g/mol. The van der Waals surface area contributed by atoms with Gasteiger partial charge in [0, 0.05) is 57.6 Å². The Bertz CT molecular complexity index is 1350. The molecule has 2 amide bonds. The molecule has 0 bridgehead atoms. The summed E-state index contributed by atoms with van der Waals surface area (Å²) in [5.41, 5.74) is 10.0. The molecule has 2 heterocycles. The summed E-state index contributed by atoms with van der Waals surface area (Å²) in [5.74, 6) is -1.40. The summed E-state index contributed by atoms with van der Waals surface area (Å²) in [5, 5.41) is 3.45. The molecule has 3 N–H and O–H groups in total. The minimum absolute atomic E-state index is 0.00239. The molecule has 1 aliphatic heterocycles. The largest absolute Gasteiger partial charge is 0.371 e. The van der Waals surface area contributed by atoms with Crippen LogP contribution in [0.1, 0.15) is 46.6 Å². The predicted octanol–water partition coefficient (Wildman–Crippen LogP) is 4.95. The second-order valence-corrected chi connectivity index (χ2v) is 9.48. The molecule has 3 aromatic rings. The van der Waals surface area contributed by atoms with Gasteiger partial charge in [-0.25, -0.2) is 0 Å². The van der Waals surface area contributed by atoms with Crippen molar-refractivity contribution in [3.8, 4) is 5.69 Å². The van der Waals surface area contributed by atoms with Crippen LogP contribution in [0.5, 0.6) is 0 Å². The fourth-order valence-electron chi connectivity index (χ4n) is 4.61. The Morgan fingerprint density at radius 2 is 1.61 bits per heavy atom. The van der Waals surface area contributed by atoms with E-state index in [0.29, 0.717) is 21.8 Å². The van der Waals surface area contributed by atoms with E-state index >= 15 is 0 Å². The maximum atomic E-state index is 13.8. The standard InChI is InChI=1S/C28H29ClN4O3/c1-17(28(30)36)14-26(34)31-25-16-22(32-12-4-5-13-32)10-11-23(25)27(35)24-15-18(2)33(19(24)3)21-8-6-20(29)7-9-21/h6-11,15-16H,1,4-5,12-14H2,2-3H3,(H2,30,36)(H,31,34). The maximum absolute atomic E-state index is 13.8. The van der Waals surface area contributed by atoms with Gasteiger partial charge in [0.25, 0.3) is 0 Å². The van der Waals surface area contributed by atoms with E-state index in [9.17, 15) is 14.4 Å². The van der Waals surface area contributed by atoms with Crippen molar-refractivity contribution in [1.29, 1.82) is 0 Å². The lowest BCUT2D eigenvalue weighted by atomic mass is 10.0. The topological polar surface area (TPSA) is 97.4 Å². The molecule has 2 aromatic carbocycles. The van der Waals surface area contributed by atoms with Crippen molar-refractivity contribution in [2.45, 2.75) is 33.1 Å². The third kappa shape index (κ3) is 5.21. The van der Waals surface area contributed by atoms with Crippen LogP contribution in [0.2, 0.25) is 5.02 Å². The van der Waals surface area contributed by atoms with Crippen LogP contribution in [-0.2, 0) is 9.59 Å². The van der Waals surface area contributed by atoms with Gasteiger partial charge in [-0.1, -0.05) is 18.2 Å². The van der Waals surface area contributed by atoms with Crippen LogP contribution in [0, 0.1) is 13.8 Å².